The summed E-state index contributed by atoms with van der Waals surface area (Å²) in [6.07, 6.45) is 49.8. The van der Waals surface area contributed by atoms with Crippen LogP contribution in [0, 0.1) is 46.3 Å². The summed E-state index contributed by atoms with van der Waals surface area (Å²) in [5.41, 5.74) is 2.46. The fourth-order valence-corrected chi connectivity index (χ4v) is 11.0. The molecule has 0 N–H and O–H groups in total. The molecule has 2 nitrogen and oxygen atoms in total. The quantitative estimate of drug-likeness (QED) is 0.0677. The second-order valence-electron chi connectivity index (χ2n) is 18.0. The molecule has 2 heteroatoms. The zero-order chi connectivity index (χ0) is 36.5. The number of fused-ring (bicyclic) bond motifs is 5. The van der Waals surface area contributed by atoms with Gasteiger partial charge in [0.25, 0.3) is 0 Å². The number of unbranched alkanes of at least 4 members (excludes halogenated alkanes) is 3. The zero-order valence-electron chi connectivity index (χ0n) is 34.1. The van der Waals surface area contributed by atoms with Crippen LogP contribution in [0.1, 0.15) is 176 Å². The fourth-order valence-electron chi connectivity index (χ4n) is 11.0. The molecule has 0 heterocycles. The Bertz CT molecular complexity index is 1210. The van der Waals surface area contributed by atoms with Gasteiger partial charge in [-0.1, -0.05) is 146 Å². The average Bonchev–Trinajstić information content (AvgIpc) is 3.46. The van der Waals surface area contributed by atoms with Crippen molar-refractivity contribution in [1.82, 2.24) is 0 Å². The van der Waals surface area contributed by atoms with Gasteiger partial charge in [0.2, 0.25) is 0 Å². The predicted octanol–water partition coefficient (Wildman–Crippen LogP) is 14.6. The van der Waals surface area contributed by atoms with Crippen molar-refractivity contribution in [2.24, 2.45) is 46.3 Å². The van der Waals surface area contributed by atoms with Gasteiger partial charge in [0.15, 0.2) is 0 Å². The first kappa shape index (κ1) is 41.7. The standard InChI is InChI=1S/C49H78O2/c1-7-8-9-10-11-12-13-14-15-16-17-18-19-20-21-22-23-24-25-29-47(50)51-42-34-36-48(5)41(38-42)30-31-43-45-33-32-44(40(4)28-26-27-39(2)3)49(45,6)37-35-46(43)48/h11-12,14-15,17-18,20-21,23-24,30,39-40,42-46H,7-10,13,16,19,22,25-29,31-38H2,1-6H3. The Morgan fingerprint density at radius 3 is 2.06 bits per heavy atom. The summed E-state index contributed by atoms with van der Waals surface area (Å²) in [4.78, 5) is 12.8. The average molecular weight is 699 g/mol. The van der Waals surface area contributed by atoms with E-state index in [-0.39, 0.29) is 12.1 Å². The summed E-state index contributed by atoms with van der Waals surface area (Å²) in [6.45, 7) is 14.9. The summed E-state index contributed by atoms with van der Waals surface area (Å²) >= 11 is 0. The van der Waals surface area contributed by atoms with Crippen LogP contribution in [0.25, 0.3) is 0 Å². The van der Waals surface area contributed by atoms with E-state index in [1.807, 2.05) is 0 Å². The molecular weight excluding hydrogens is 621 g/mol. The molecule has 3 saturated carbocycles. The third-order valence-electron chi connectivity index (χ3n) is 14.0. The minimum absolute atomic E-state index is 0.0202. The van der Waals surface area contributed by atoms with Crippen molar-refractivity contribution in [2.45, 2.75) is 182 Å². The number of rotatable bonds is 21. The van der Waals surface area contributed by atoms with Crippen LogP contribution in [0.3, 0.4) is 0 Å². The minimum Gasteiger partial charge on any atom is -0.462 e. The van der Waals surface area contributed by atoms with Crippen molar-refractivity contribution in [3.8, 4) is 0 Å². The van der Waals surface area contributed by atoms with E-state index in [9.17, 15) is 4.79 Å². The molecule has 4 aliphatic rings. The maximum atomic E-state index is 12.8. The summed E-state index contributed by atoms with van der Waals surface area (Å²) in [7, 11) is 0. The molecule has 0 spiro atoms. The van der Waals surface area contributed by atoms with E-state index in [0.29, 0.717) is 17.3 Å². The molecule has 8 atom stereocenters. The van der Waals surface area contributed by atoms with E-state index in [0.717, 1.165) is 80.5 Å². The predicted molar refractivity (Wildman–Crippen MR) is 220 cm³/mol. The zero-order valence-corrected chi connectivity index (χ0v) is 34.1. The van der Waals surface area contributed by atoms with Crippen LogP contribution >= 0.6 is 0 Å². The lowest BCUT2D eigenvalue weighted by Gasteiger charge is -2.58. The van der Waals surface area contributed by atoms with Crippen molar-refractivity contribution < 1.29 is 9.53 Å². The first-order chi connectivity index (χ1) is 24.7. The smallest absolute Gasteiger partial charge is 0.306 e. The van der Waals surface area contributed by atoms with Crippen LogP contribution in [-0.2, 0) is 9.53 Å². The van der Waals surface area contributed by atoms with Gasteiger partial charge in [-0.15, -0.1) is 0 Å². The first-order valence-corrected chi connectivity index (χ1v) is 21.8. The molecular formula is C49H78O2. The topological polar surface area (TPSA) is 26.3 Å². The molecule has 0 aromatic carbocycles. The lowest BCUT2D eigenvalue weighted by Crippen LogP contribution is -2.51. The molecule has 4 aliphatic carbocycles. The molecule has 0 aromatic rings. The van der Waals surface area contributed by atoms with Gasteiger partial charge in [0.05, 0.1) is 0 Å². The van der Waals surface area contributed by atoms with Gasteiger partial charge in [-0.3, -0.25) is 4.79 Å². The SMILES string of the molecule is CCCCCC=CCC=CCC=CCC=CCC=CCCC(=O)OC1CCC2(C)C(=CCC3C2CCC2(C)C(C(C)CCCC(C)C)CCC32)C1. The number of carbonyl (C=O) groups is 1. The van der Waals surface area contributed by atoms with Gasteiger partial charge in [-0.05, 0) is 136 Å². The molecule has 0 radical (unpaired) electrons. The van der Waals surface area contributed by atoms with Crippen molar-refractivity contribution in [2.75, 3.05) is 0 Å². The maximum Gasteiger partial charge on any atom is 0.306 e. The highest BCUT2D eigenvalue weighted by Gasteiger charge is 2.59. The number of allylic oxidation sites excluding steroid dienone is 11. The van der Waals surface area contributed by atoms with Gasteiger partial charge < -0.3 is 4.74 Å². The number of carbonyl (C=O) groups excluding carboxylic acids is 1. The van der Waals surface area contributed by atoms with Crippen LogP contribution in [0.15, 0.2) is 72.4 Å². The molecule has 0 aromatic heterocycles. The van der Waals surface area contributed by atoms with E-state index in [2.05, 4.69) is 108 Å². The Kier molecular flexibility index (Phi) is 17.6. The Morgan fingerprint density at radius 1 is 0.765 bits per heavy atom. The lowest BCUT2D eigenvalue weighted by molar-refractivity contribution is -0.151. The summed E-state index contributed by atoms with van der Waals surface area (Å²) in [5.74, 6) is 5.16. The number of ether oxygens (including phenoxy) is 1. The van der Waals surface area contributed by atoms with E-state index in [1.165, 1.54) is 83.5 Å². The van der Waals surface area contributed by atoms with Crippen molar-refractivity contribution in [3.63, 3.8) is 0 Å². The Morgan fingerprint density at radius 2 is 1.41 bits per heavy atom. The Labute approximate surface area is 315 Å². The largest absolute Gasteiger partial charge is 0.462 e. The second-order valence-corrected chi connectivity index (χ2v) is 18.0. The third kappa shape index (κ3) is 12.2. The molecule has 0 amide bonds. The molecule has 4 rings (SSSR count). The van der Waals surface area contributed by atoms with Crippen molar-refractivity contribution in [3.05, 3.63) is 72.4 Å². The number of hydrogen-bond donors (Lipinski definition) is 0. The maximum absolute atomic E-state index is 12.8. The molecule has 0 bridgehead atoms. The fraction of sp³-hybridized carbons (Fsp3) is 0.735. The molecule has 3 fully saturated rings. The molecule has 0 saturated heterocycles. The van der Waals surface area contributed by atoms with E-state index >= 15 is 0 Å². The highest BCUT2D eigenvalue weighted by molar-refractivity contribution is 5.69. The van der Waals surface area contributed by atoms with Gasteiger partial charge in [0.1, 0.15) is 6.10 Å². The Balaban J connectivity index is 1.11. The van der Waals surface area contributed by atoms with Crippen molar-refractivity contribution >= 4 is 5.97 Å². The van der Waals surface area contributed by atoms with Crippen LogP contribution in [0.2, 0.25) is 0 Å². The third-order valence-corrected chi connectivity index (χ3v) is 14.0. The Hall–Kier alpha value is -2.09. The van der Waals surface area contributed by atoms with E-state index < -0.39 is 0 Å². The number of esters is 1. The monoisotopic (exact) mass is 699 g/mol. The van der Waals surface area contributed by atoms with Crippen LogP contribution in [0.4, 0.5) is 0 Å². The molecule has 51 heavy (non-hydrogen) atoms. The van der Waals surface area contributed by atoms with Gasteiger partial charge in [-0.2, -0.15) is 0 Å². The van der Waals surface area contributed by atoms with Gasteiger partial charge >= 0.3 is 5.97 Å². The highest BCUT2D eigenvalue weighted by Crippen LogP contribution is 2.67. The molecule has 8 unspecified atom stereocenters. The second kappa shape index (κ2) is 21.6. The highest BCUT2D eigenvalue weighted by atomic mass is 16.5. The van der Waals surface area contributed by atoms with Crippen LogP contribution < -0.4 is 0 Å². The minimum atomic E-state index is -0.0202. The molecule has 0 aliphatic heterocycles. The summed E-state index contributed by atoms with van der Waals surface area (Å²) in [5, 5.41) is 0. The normalized spacial score (nSPS) is 31.6. The first-order valence-electron chi connectivity index (χ1n) is 21.8. The lowest BCUT2D eigenvalue weighted by atomic mass is 9.47. The van der Waals surface area contributed by atoms with Crippen LogP contribution in [-0.4, -0.2) is 12.1 Å². The summed E-state index contributed by atoms with van der Waals surface area (Å²) in [6, 6.07) is 0. The summed E-state index contributed by atoms with van der Waals surface area (Å²) < 4.78 is 6.09. The van der Waals surface area contributed by atoms with Gasteiger partial charge in [-0.25, -0.2) is 0 Å². The van der Waals surface area contributed by atoms with Crippen molar-refractivity contribution in [1.29, 1.82) is 0 Å². The molecule has 286 valence electrons. The van der Waals surface area contributed by atoms with E-state index in [1.54, 1.807) is 5.57 Å². The van der Waals surface area contributed by atoms with Gasteiger partial charge in [0, 0.05) is 12.8 Å². The number of hydrogen-bond acceptors (Lipinski definition) is 2. The van der Waals surface area contributed by atoms with E-state index in [4.69, 9.17) is 4.74 Å². The van der Waals surface area contributed by atoms with Crippen LogP contribution in [0.5, 0.6) is 0 Å².